The molecular weight excluding hydrogens is 233 g/mol. The number of benzene rings is 1. The third kappa shape index (κ3) is 1.82. The zero-order chi connectivity index (χ0) is 12.7. The normalized spacial score (nSPS) is 25.7. The van der Waals surface area contributed by atoms with Gasteiger partial charge in [-0.15, -0.1) is 0 Å². The van der Waals surface area contributed by atoms with E-state index in [2.05, 4.69) is 0 Å². The number of ether oxygens (including phenoxy) is 1. The summed E-state index contributed by atoms with van der Waals surface area (Å²) in [6, 6.07) is 6.47. The highest BCUT2D eigenvalue weighted by molar-refractivity contribution is 5.78. The van der Waals surface area contributed by atoms with Gasteiger partial charge in [0.05, 0.1) is 12.1 Å². The highest BCUT2D eigenvalue weighted by Crippen LogP contribution is 2.34. The highest BCUT2D eigenvalue weighted by atomic mass is 19.1. The minimum absolute atomic E-state index is 0.123. The first-order valence-electron chi connectivity index (χ1n) is 6.22. The number of hydrogen-bond donors (Lipinski definition) is 1. The van der Waals surface area contributed by atoms with Gasteiger partial charge in [0.1, 0.15) is 5.76 Å². The van der Waals surface area contributed by atoms with Crippen LogP contribution in [-0.4, -0.2) is 12.7 Å². The molecule has 1 saturated heterocycles. The van der Waals surface area contributed by atoms with Crippen LogP contribution in [0.25, 0.3) is 11.0 Å². The maximum atomic E-state index is 13.6. The van der Waals surface area contributed by atoms with E-state index >= 15 is 0 Å². The molecule has 1 aliphatic rings. The zero-order valence-electron chi connectivity index (χ0n) is 10.2. The van der Waals surface area contributed by atoms with Gasteiger partial charge in [-0.25, -0.2) is 4.39 Å². The zero-order valence-corrected chi connectivity index (χ0v) is 10.2. The smallest absolute Gasteiger partial charge is 0.169 e. The van der Waals surface area contributed by atoms with E-state index in [1.54, 1.807) is 6.07 Å². The Balaban J connectivity index is 1.96. The lowest BCUT2D eigenvalue weighted by atomic mass is 9.92. The molecule has 96 valence electrons. The second-order valence-corrected chi connectivity index (χ2v) is 4.86. The fraction of sp³-hybridized carbons (Fsp3) is 0.429. The number of hydrogen-bond acceptors (Lipinski definition) is 3. The largest absolute Gasteiger partial charge is 0.456 e. The van der Waals surface area contributed by atoms with E-state index in [9.17, 15) is 4.39 Å². The van der Waals surface area contributed by atoms with Crippen molar-refractivity contribution in [3.63, 3.8) is 0 Å². The summed E-state index contributed by atoms with van der Waals surface area (Å²) >= 11 is 0. The Morgan fingerprint density at radius 1 is 1.44 bits per heavy atom. The summed E-state index contributed by atoms with van der Waals surface area (Å²) in [5.41, 5.74) is 6.50. The number of halogens is 1. The predicted octanol–water partition coefficient (Wildman–Crippen LogP) is 3.00. The molecule has 3 atom stereocenters. The van der Waals surface area contributed by atoms with Crippen LogP contribution in [0.1, 0.15) is 25.1 Å². The lowest BCUT2D eigenvalue weighted by Gasteiger charge is -2.19. The Hall–Kier alpha value is -1.39. The van der Waals surface area contributed by atoms with Gasteiger partial charge in [0.25, 0.3) is 0 Å². The third-order valence-corrected chi connectivity index (χ3v) is 3.74. The third-order valence-electron chi connectivity index (χ3n) is 3.74. The van der Waals surface area contributed by atoms with Gasteiger partial charge < -0.3 is 14.9 Å². The minimum Gasteiger partial charge on any atom is -0.456 e. The average Bonchev–Trinajstić information content (AvgIpc) is 2.95. The lowest BCUT2D eigenvalue weighted by molar-refractivity contribution is 0.0975. The van der Waals surface area contributed by atoms with E-state index in [1.165, 1.54) is 6.07 Å². The molecule has 0 bridgehead atoms. The standard InChI is InChI=1S/C14H16FNO2/c1-8-10(5-6-17-8)13(16)12-7-9-3-2-4-11(15)14(9)18-12/h2-4,7-8,10,13H,5-6,16H2,1H3. The van der Waals surface area contributed by atoms with E-state index in [-0.39, 0.29) is 29.5 Å². The lowest BCUT2D eigenvalue weighted by Crippen LogP contribution is -2.26. The second-order valence-electron chi connectivity index (χ2n) is 4.86. The Labute approximate surface area is 105 Å². The molecule has 1 aromatic heterocycles. The first-order chi connectivity index (χ1) is 8.66. The summed E-state index contributed by atoms with van der Waals surface area (Å²) in [5, 5.41) is 0.756. The molecule has 1 fully saturated rings. The van der Waals surface area contributed by atoms with Crippen LogP contribution < -0.4 is 5.73 Å². The number of furan rings is 1. The molecule has 18 heavy (non-hydrogen) atoms. The van der Waals surface area contributed by atoms with Crippen LogP contribution in [0, 0.1) is 11.7 Å². The molecule has 3 nitrogen and oxygen atoms in total. The average molecular weight is 249 g/mol. The van der Waals surface area contributed by atoms with Gasteiger partial charge in [-0.2, -0.15) is 0 Å². The molecule has 2 heterocycles. The quantitative estimate of drug-likeness (QED) is 0.890. The maximum Gasteiger partial charge on any atom is 0.169 e. The van der Waals surface area contributed by atoms with Crippen LogP contribution in [0.5, 0.6) is 0 Å². The molecule has 2 N–H and O–H groups in total. The monoisotopic (exact) mass is 249 g/mol. The fourth-order valence-corrected chi connectivity index (χ4v) is 2.64. The van der Waals surface area contributed by atoms with Crippen molar-refractivity contribution < 1.29 is 13.5 Å². The first-order valence-corrected chi connectivity index (χ1v) is 6.22. The number of nitrogens with two attached hydrogens (primary N) is 1. The molecule has 0 spiro atoms. The van der Waals surface area contributed by atoms with Crippen LogP contribution in [0.3, 0.4) is 0 Å². The first kappa shape index (κ1) is 11.7. The van der Waals surface area contributed by atoms with E-state index < -0.39 is 0 Å². The maximum absolute atomic E-state index is 13.6. The molecule has 0 radical (unpaired) electrons. The molecule has 0 aliphatic carbocycles. The van der Waals surface area contributed by atoms with Crippen molar-refractivity contribution in [2.45, 2.75) is 25.5 Å². The summed E-state index contributed by atoms with van der Waals surface area (Å²) in [6.45, 7) is 2.74. The predicted molar refractivity (Wildman–Crippen MR) is 66.6 cm³/mol. The molecule has 4 heteroatoms. The molecule has 1 aromatic carbocycles. The van der Waals surface area contributed by atoms with Crippen molar-refractivity contribution in [1.29, 1.82) is 0 Å². The summed E-state index contributed by atoms with van der Waals surface area (Å²) in [7, 11) is 0. The Kier molecular flexibility index (Phi) is 2.84. The van der Waals surface area contributed by atoms with Gasteiger partial charge in [-0.1, -0.05) is 12.1 Å². The fourth-order valence-electron chi connectivity index (χ4n) is 2.64. The van der Waals surface area contributed by atoms with E-state index in [0.717, 1.165) is 18.4 Å². The second kappa shape index (κ2) is 4.37. The van der Waals surface area contributed by atoms with E-state index in [4.69, 9.17) is 14.9 Å². The van der Waals surface area contributed by atoms with Crippen LogP contribution in [0.15, 0.2) is 28.7 Å². The van der Waals surface area contributed by atoms with E-state index in [1.807, 2.05) is 19.1 Å². The van der Waals surface area contributed by atoms with Crippen LogP contribution in [0.4, 0.5) is 4.39 Å². The Morgan fingerprint density at radius 2 is 2.28 bits per heavy atom. The molecular formula is C14H16FNO2. The van der Waals surface area contributed by atoms with Gasteiger partial charge in [-0.05, 0) is 25.5 Å². The minimum atomic E-state index is -0.346. The van der Waals surface area contributed by atoms with Crippen LogP contribution in [0.2, 0.25) is 0 Å². The summed E-state index contributed by atoms with van der Waals surface area (Å²) in [6.07, 6.45) is 1.04. The number of fused-ring (bicyclic) bond motifs is 1. The highest BCUT2D eigenvalue weighted by Gasteiger charge is 2.32. The molecule has 3 unspecified atom stereocenters. The summed E-state index contributed by atoms with van der Waals surface area (Å²) < 4.78 is 24.6. The van der Waals surface area contributed by atoms with Crippen molar-refractivity contribution >= 4 is 11.0 Å². The molecule has 1 aliphatic heterocycles. The number of para-hydroxylation sites is 1. The Bertz CT molecular complexity index is 566. The van der Waals surface area contributed by atoms with Gasteiger partial charge in [0.2, 0.25) is 0 Å². The molecule has 2 aromatic rings. The van der Waals surface area contributed by atoms with Crippen molar-refractivity contribution in [2.75, 3.05) is 6.61 Å². The summed E-state index contributed by atoms with van der Waals surface area (Å²) in [5.74, 6) is 0.521. The topological polar surface area (TPSA) is 48.4 Å². The Morgan fingerprint density at radius 3 is 2.94 bits per heavy atom. The molecule has 3 rings (SSSR count). The van der Waals surface area contributed by atoms with Gasteiger partial charge >= 0.3 is 0 Å². The molecule has 0 saturated carbocycles. The van der Waals surface area contributed by atoms with Gasteiger partial charge in [-0.3, -0.25) is 0 Å². The van der Waals surface area contributed by atoms with Crippen LogP contribution in [-0.2, 0) is 4.74 Å². The van der Waals surface area contributed by atoms with Crippen molar-refractivity contribution in [3.8, 4) is 0 Å². The van der Waals surface area contributed by atoms with Gasteiger partial charge in [0, 0.05) is 17.9 Å². The van der Waals surface area contributed by atoms with E-state index in [0.29, 0.717) is 5.76 Å². The van der Waals surface area contributed by atoms with Crippen molar-refractivity contribution in [3.05, 3.63) is 35.8 Å². The van der Waals surface area contributed by atoms with Gasteiger partial charge in [0.15, 0.2) is 11.4 Å². The van der Waals surface area contributed by atoms with Crippen molar-refractivity contribution in [1.82, 2.24) is 0 Å². The SMILES string of the molecule is CC1OCCC1C(N)c1cc2cccc(F)c2o1. The summed E-state index contributed by atoms with van der Waals surface area (Å²) in [4.78, 5) is 0. The van der Waals surface area contributed by atoms with Crippen molar-refractivity contribution in [2.24, 2.45) is 11.7 Å². The number of rotatable bonds is 2. The molecule has 0 amide bonds. The van der Waals surface area contributed by atoms with Crippen LogP contribution >= 0.6 is 0 Å².